The molecule has 1 aliphatic carbocycles. The highest BCUT2D eigenvalue weighted by Gasteiger charge is 2.24. The first-order chi connectivity index (χ1) is 12.1. The zero-order valence-corrected chi connectivity index (χ0v) is 14.3. The molecule has 7 heteroatoms. The highest BCUT2D eigenvalue weighted by atomic mass is 16.5. The predicted molar refractivity (Wildman–Crippen MR) is 91.5 cm³/mol. The first-order valence-electron chi connectivity index (χ1n) is 8.42. The highest BCUT2D eigenvalue weighted by molar-refractivity contribution is 5.94. The molecule has 4 rings (SSSR count). The van der Waals surface area contributed by atoms with Gasteiger partial charge in [0.2, 0.25) is 5.89 Å². The zero-order valence-electron chi connectivity index (χ0n) is 14.3. The molecule has 25 heavy (non-hydrogen) atoms. The van der Waals surface area contributed by atoms with Crippen LogP contribution in [0.25, 0.3) is 11.1 Å². The fraction of sp³-hybridized carbons (Fsp3) is 0.389. The van der Waals surface area contributed by atoms with E-state index in [-0.39, 0.29) is 12.5 Å². The number of ether oxygens (including phenoxy) is 1. The number of nitrogens with zero attached hydrogens (tertiary/aromatic N) is 2. The highest BCUT2D eigenvalue weighted by Crippen LogP contribution is 2.26. The maximum absolute atomic E-state index is 12.5. The minimum absolute atomic E-state index is 0.202. The normalized spacial score (nSPS) is 16.6. The van der Waals surface area contributed by atoms with Gasteiger partial charge in [0.25, 0.3) is 5.91 Å². The maximum atomic E-state index is 12.5. The van der Waals surface area contributed by atoms with Gasteiger partial charge < -0.3 is 14.5 Å². The van der Waals surface area contributed by atoms with Crippen molar-refractivity contribution in [1.82, 2.24) is 20.5 Å². The Morgan fingerprint density at radius 3 is 3.20 bits per heavy atom. The summed E-state index contributed by atoms with van der Waals surface area (Å²) in [5.74, 6) is 1.54. The van der Waals surface area contributed by atoms with E-state index in [1.165, 1.54) is 0 Å². The Bertz CT molecular complexity index is 928. The number of benzene rings is 1. The second-order valence-electron chi connectivity index (χ2n) is 6.50. The van der Waals surface area contributed by atoms with Crippen LogP contribution in [0.15, 0.2) is 22.6 Å². The third-order valence-corrected chi connectivity index (χ3v) is 4.65. The molecule has 0 aliphatic heterocycles. The first-order valence-corrected chi connectivity index (χ1v) is 8.42. The zero-order chi connectivity index (χ0) is 17.4. The van der Waals surface area contributed by atoms with Gasteiger partial charge in [-0.05, 0) is 37.3 Å². The molecule has 130 valence electrons. The number of hydrogen-bond donors (Lipinski definition) is 2. The van der Waals surface area contributed by atoms with Crippen LogP contribution in [-0.4, -0.2) is 28.2 Å². The van der Waals surface area contributed by atoms with Crippen LogP contribution >= 0.6 is 0 Å². The van der Waals surface area contributed by atoms with Gasteiger partial charge >= 0.3 is 0 Å². The molecule has 2 heterocycles. The van der Waals surface area contributed by atoms with Gasteiger partial charge in [0, 0.05) is 17.3 Å². The summed E-state index contributed by atoms with van der Waals surface area (Å²) in [6.07, 6.45) is 2.96. The molecule has 1 aliphatic rings. The van der Waals surface area contributed by atoms with E-state index in [1.807, 2.05) is 6.07 Å². The minimum Gasteiger partial charge on any atom is -0.497 e. The molecule has 0 radical (unpaired) electrons. The summed E-state index contributed by atoms with van der Waals surface area (Å²) in [6.45, 7) is 2.41. The second kappa shape index (κ2) is 6.23. The molecule has 0 saturated carbocycles. The van der Waals surface area contributed by atoms with Crippen molar-refractivity contribution in [2.75, 3.05) is 7.11 Å². The maximum Gasteiger partial charge on any atom is 0.272 e. The summed E-state index contributed by atoms with van der Waals surface area (Å²) >= 11 is 0. The van der Waals surface area contributed by atoms with Crippen molar-refractivity contribution in [2.45, 2.75) is 32.7 Å². The largest absolute Gasteiger partial charge is 0.497 e. The molecule has 7 nitrogen and oxygen atoms in total. The topological polar surface area (TPSA) is 93.0 Å². The number of H-pyrrole nitrogens is 1. The third kappa shape index (κ3) is 2.97. The van der Waals surface area contributed by atoms with E-state index in [2.05, 4.69) is 27.4 Å². The Morgan fingerprint density at radius 1 is 1.48 bits per heavy atom. The lowest BCUT2D eigenvalue weighted by molar-refractivity contribution is 0.0941. The van der Waals surface area contributed by atoms with Crippen molar-refractivity contribution in [3.05, 3.63) is 41.0 Å². The third-order valence-electron chi connectivity index (χ3n) is 4.65. The molecule has 0 saturated heterocycles. The Labute approximate surface area is 144 Å². The number of aryl methyl sites for hydroxylation is 1. The van der Waals surface area contributed by atoms with Gasteiger partial charge in [0.05, 0.1) is 13.7 Å². The standard InChI is InChI=1S/C18H20N4O3/c1-10-3-5-13-12(7-10)17(22-21-13)18(23)19-9-16-20-14-8-11(24-2)4-6-15(14)25-16/h4,6,8,10H,3,5,7,9H2,1-2H3,(H,19,23)(H,21,22)/t10-/m1/s1. The summed E-state index contributed by atoms with van der Waals surface area (Å²) in [5.41, 5.74) is 3.97. The molecule has 3 aromatic rings. The van der Waals surface area contributed by atoms with Crippen LogP contribution in [0.5, 0.6) is 5.75 Å². The Balaban J connectivity index is 1.48. The van der Waals surface area contributed by atoms with Crippen LogP contribution in [-0.2, 0) is 19.4 Å². The van der Waals surface area contributed by atoms with Gasteiger partial charge in [-0.25, -0.2) is 4.98 Å². The molecular weight excluding hydrogens is 320 g/mol. The number of amides is 1. The molecule has 0 spiro atoms. The molecule has 2 N–H and O–H groups in total. The number of carbonyl (C=O) groups excluding carboxylic acids is 1. The average Bonchev–Trinajstić information content (AvgIpc) is 3.22. The second-order valence-corrected chi connectivity index (χ2v) is 6.50. The van der Waals surface area contributed by atoms with E-state index >= 15 is 0 Å². The molecule has 2 aromatic heterocycles. The first kappa shape index (κ1) is 15.7. The van der Waals surface area contributed by atoms with Crippen LogP contribution in [0, 0.1) is 5.92 Å². The molecule has 1 atom stereocenters. The van der Waals surface area contributed by atoms with Gasteiger partial charge in [-0.1, -0.05) is 6.92 Å². The summed E-state index contributed by atoms with van der Waals surface area (Å²) in [6, 6.07) is 5.42. The van der Waals surface area contributed by atoms with Crippen molar-refractivity contribution >= 4 is 17.0 Å². The van der Waals surface area contributed by atoms with Gasteiger partial charge in [-0.2, -0.15) is 5.10 Å². The van der Waals surface area contributed by atoms with Gasteiger partial charge in [-0.15, -0.1) is 0 Å². The summed E-state index contributed by atoms with van der Waals surface area (Å²) in [4.78, 5) is 16.9. The van der Waals surface area contributed by atoms with Crippen molar-refractivity contribution in [3.63, 3.8) is 0 Å². The molecule has 0 bridgehead atoms. The SMILES string of the molecule is COc1ccc2oc(CNC(=O)c3n[nH]c4c3C[C@H](C)CC4)nc2c1. The van der Waals surface area contributed by atoms with Crippen molar-refractivity contribution in [1.29, 1.82) is 0 Å². The van der Waals surface area contributed by atoms with E-state index in [1.54, 1.807) is 19.2 Å². The Hall–Kier alpha value is -2.83. The van der Waals surface area contributed by atoms with E-state index in [9.17, 15) is 4.79 Å². The van der Waals surface area contributed by atoms with Gasteiger partial charge in [0.1, 0.15) is 11.3 Å². The average molecular weight is 340 g/mol. The number of hydrogen-bond acceptors (Lipinski definition) is 5. The molecule has 0 fully saturated rings. The molecule has 1 aromatic carbocycles. The Morgan fingerprint density at radius 2 is 2.36 bits per heavy atom. The smallest absolute Gasteiger partial charge is 0.272 e. The number of oxazole rings is 1. The van der Waals surface area contributed by atoms with Crippen LogP contribution in [0.1, 0.15) is 41.0 Å². The summed E-state index contributed by atoms with van der Waals surface area (Å²) in [7, 11) is 1.60. The fourth-order valence-corrected chi connectivity index (χ4v) is 3.25. The monoisotopic (exact) mass is 340 g/mol. The van der Waals surface area contributed by atoms with Crippen molar-refractivity contribution in [3.8, 4) is 5.75 Å². The van der Waals surface area contributed by atoms with Crippen molar-refractivity contribution < 1.29 is 13.9 Å². The molecule has 0 unspecified atom stereocenters. The van der Waals surface area contributed by atoms with E-state index < -0.39 is 0 Å². The number of aromatic nitrogens is 3. The van der Waals surface area contributed by atoms with Crippen molar-refractivity contribution in [2.24, 2.45) is 5.92 Å². The summed E-state index contributed by atoms with van der Waals surface area (Å²) < 4.78 is 10.8. The van der Waals surface area contributed by atoms with Crippen LogP contribution in [0.2, 0.25) is 0 Å². The lowest BCUT2D eigenvalue weighted by Crippen LogP contribution is -2.25. The minimum atomic E-state index is -0.202. The van der Waals surface area contributed by atoms with Crippen LogP contribution < -0.4 is 10.1 Å². The van der Waals surface area contributed by atoms with E-state index in [4.69, 9.17) is 9.15 Å². The number of nitrogens with one attached hydrogen (secondary N) is 2. The van der Waals surface area contributed by atoms with Gasteiger partial charge in [-0.3, -0.25) is 9.89 Å². The molecular formula is C18H20N4O3. The van der Waals surface area contributed by atoms with E-state index in [0.717, 1.165) is 30.5 Å². The number of aromatic amines is 1. The predicted octanol–water partition coefficient (Wildman–Crippen LogP) is 2.61. The Kier molecular flexibility index (Phi) is 3.91. The number of fused-ring (bicyclic) bond motifs is 2. The van der Waals surface area contributed by atoms with Crippen LogP contribution in [0.4, 0.5) is 0 Å². The lowest BCUT2D eigenvalue weighted by Gasteiger charge is -2.17. The fourth-order valence-electron chi connectivity index (χ4n) is 3.25. The number of methoxy groups -OCH3 is 1. The number of rotatable bonds is 4. The molecule has 1 amide bonds. The number of carbonyl (C=O) groups is 1. The lowest BCUT2D eigenvalue weighted by atomic mass is 9.88. The van der Waals surface area contributed by atoms with E-state index in [0.29, 0.717) is 34.4 Å². The van der Waals surface area contributed by atoms with Crippen LogP contribution in [0.3, 0.4) is 0 Å². The summed E-state index contributed by atoms with van der Waals surface area (Å²) in [5, 5.41) is 10.0. The van der Waals surface area contributed by atoms with Gasteiger partial charge in [0.15, 0.2) is 11.3 Å². The quantitative estimate of drug-likeness (QED) is 0.761.